The van der Waals surface area contributed by atoms with Crippen LogP contribution in [-0.2, 0) is 4.74 Å². The lowest BCUT2D eigenvalue weighted by Crippen LogP contribution is -2.40. The molecule has 0 spiro atoms. The summed E-state index contributed by atoms with van der Waals surface area (Å²) in [4.78, 5) is 0. The van der Waals surface area contributed by atoms with Crippen LogP contribution in [0.25, 0.3) is 0 Å². The van der Waals surface area contributed by atoms with Gasteiger partial charge in [0.05, 0.1) is 5.60 Å². The van der Waals surface area contributed by atoms with Crippen molar-refractivity contribution in [2.24, 2.45) is 5.92 Å². The summed E-state index contributed by atoms with van der Waals surface area (Å²) >= 11 is 5.96. The van der Waals surface area contributed by atoms with E-state index in [1.807, 2.05) is 19.1 Å². The van der Waals surface area contributed by atoms with Crippen molar-refractivity contribution < 1.29 is 4.74 Å². The number of rotatable bonds is 7. The molecular formula is C16H24ClNO. The first-order valence-corrected chi connectivity index (χ1v) is 7.52. The summed E-state index contributed by atoms with van der Waals surface area (Å²) < 4.78 is 5.75. The molecule has 1 saturated carbocycles. The fourth-order valence-corrected chi connectivity index (χ4v) is 2.58. The Morgan fingerprint density at radius 3 is 2.47 bits per heavy atom. The van der Waals surface area contributed by atoms with E-state index in [0.717, 1.165) is 24.1 Å². The van der Waals surface area contributed by atoms with E-state index in [4.69, 9.17) is 16.3 Å². The molecule has 1 unspecified atom stereocenters. The number of hydrogen-bond donors (Lipinski definition) is 1. The average Bonchev–Trinajstić information content (AvgIpc) is 3.16. The quantitative estimate of drug-likeness (QED) is 0.809. The van der Waals surface area contributed by atoms with Crippen LogP contribution in [0.5, 0.6) is 0 Å². The van der Waals surface area contributed by atoms with Crippen LogP contribution < -0.4 is 5.32 Å². The van der Waals surface area contributed by atoms with Gasteiger partial charge in [-0.25, -0.2) is 0 Å². The van der Waals surface area contributed by atoms with Crippen molar-refractivity contribution in [1.29, 1.82) is 0 Å². The molecule has 1 atom stereocenters. The molecule has 0 bridgehead atoms. The van der Waals surface area contributed by atoms with Gasteiger partial charge in [-0.2, -0.15) is 0 Å². The lowest BCUT2D eigenvalue weighted by molar-refractivity contribution is -0.0111. The maximum absolute atomic E-state index is 5.96. The Labute approximate surface area is 121 Å². The van der Waals surface area contributed by atoms with Crippen molar-refractivity contribution >= 4 is 11.6 Å². The van der Waals surface area contributed by atoms with E-state index in [9.17, 15) is 0 Å². The van der Waals surface area contributed by atoms with E-state index >= 15 is 0 Å². The molecule has 3 heteroatoms. The van der Waals surface area contributed by atoms with Gasteiger partial charge in [0.2, 0.25) is 0 Å². The minimum Gasteiger partial charge on any atom is -0.375 e. The topological polar surface area (TPSA) is 21.3 Å². The van der Waals surface area contributed by atoms with E-state index < -0.39 is 0 Å². The summed E-state index contributed by atoms with van der Waals surface area (Å²) in [5.74, 6) is 0.763. The second kappa shape index (κ2) is 6.25. The van der Waals surface area contributed by atoms with Crippen LogP contribution in [0.4, 0.5) is 0 Å². The van der Waals surface area contributed by atoms with E-state index in [1.165, 1.54) is 18.4 Å². The van der Waals surface area contributed by atoms with Crippen molar-refractivity contribution in [3.05, 3.63) is 34.9 Å². The molecule has 106 valence electrons. The molecule has 1 fully saturated rings. The molecule has 1 aliphatic carbocycles. The minimum absolute atomic E-state index is 0.117. The molecule has 0 heterocycles. The molecule has 2 nitrogen and oxygen atoms in total. The predicted molar refractivity (Wildman–Crippen MR) is 80.6 cm³/mol. The third-order valence-corrected chi connectivity index (χ3v) is 3.86. The van der Waals surface area contributed by atoms with Crippen molar-refractivity contribution in [2.45, 2.75) is 45.3 Å². The summed E-state index contributed by atoms with van der Waals surface area (Å²) in [6.45, 7) is 7.93. The van der Waals surface area contributed by atoms with E-state index in [1.54, 1.807) is 0 Å². The number of nitrogens with one attached hydrogen (secondary N) is 1. The molecule has 0 aliphatic heterocycles. The summed E-state index contributed by atoms with van der Waals surface area (Å²) in [6, 6.07) is 8.64. The lowest BCUT2D eigenvalue weighted by atomic mass is 10.0. The Bertz CT molecular complexity index is 398. The molecule has 1 aliphatic rings. The highest BCUT2D eigenvalue weighted by Crippen LogP contribution is 2.41. The van der Waals surface area contributed by atoms with Crippen molar-refractivity contribution in [1.82, 2.24) is 5.32 Å². The summed E-state index contributed by atoms with van der Waals surface area (Å²) in [7, 11) is 0. The summed E-state index contributed by atoms with van der Waals surface area (Å²) in [6.07, 6.45) is 2.63. The van der Waals surface area contributed by atoms with Gasteiger partial charge in [0.25, 0.3) is 0 Å². The van der Waals surface area contributed by atoms with Gasteiger partial charge >= 0.3 is 0 Å². The van der Waals surface area contributed by atoms with E-state index in [-0.39, 0.29) is 5.60 Å². The van der Waals surface area contributed by atoms with E-state index in [2.05, 4.69) is 31.3 Å². The van der Waals surface area contributed by atoms with Gasteiger partial charge in [0, 0.05) is 24.2 Å². The monoisotopic (exact) mass is 281 g/mol. The van der Waals surface area contributed by atoms with Crippen LogP contribution in [0.3, 0.4) is 0 Å². The number of ether oxygens (including phenoxy) is 1. The fraction of sp³-hybridized carbons (Fsp3) is 0.625. The standard InChI is InChI=1S/C16H24ClNO/c1-4-19-16(2,3)11-18-15(12-5-6-12)13-7-9-14(17)10-8-13/h7-10,12,15,18H,4-6,11H2,1-3H3. The third kappa shape index (κ3) is 4.48. The maximum Gasteiger partial charge on any atom is 0.0750 e. The number of benzene rings is 1. The second-order valence-electron chi connectivity index (χ2n) is 5.94. The predicted octanol–water partition coefficient (Wildman–Crippen LogP) is 4.20. The van der Waals surface area contributed by atoms with E-state index in [0.29, 0.717) is 6.04 Å². The normalized spacial score (nSPS) is 17.5. The molecule has 1 N–H and O–H groups in total. The van der Waals surface area contributed by atoms with Crippen molar-refractivity contribution in [3.8, 4) is 0 Å². The highest BCUT2D eigenvalue weighted by Gasteiger charge is 2.33. The molecule has 0 radical (unpaired) electrons. The van der Waals surface area contributed by atoms with Crippen LogP contribution in [0, 0.1) is 5.92 Å². The van der Waals surface area contributed by atoms with Crippen LogP contribution in [0.15, 0.2) is 24.3 Å². The van der Waals surface area contributed by atoms with Crippen molar-refractivity contribution in [2.75, 3.05) is 13.2 Å². The van der Waals surface area contributed by atoms with Crippen molar-refractivity contribution in [3.63, 3.8) is 0 Å². The van der Waals surface area contributed by atoms with Gasteiger partial charge < -0.3 is 10.1 Å². The van der Waals surface area contributed by atoms with Gasteiger partial charge in [0.1, 0.15) is 0 Å². The first-order chi connectivity index (χ1) is 9.02. The highest BCUT2D eigenvalue weighted by molar-refractivity contribution is 6.30. The largest absolute Gasteiger partial charge is 0.375 e. The molecule has 0 amide bonds. The Hall–Kier alpha value is -0.570. The molecule has 19 heavy (non-hydrogen) atoms. The number of halogens is 1. The zero-order valence-corrected chi connectivity index (χ0v) is 12.8. The Balaban J connectivity index is 1.99. The Kier molecular flexibility index (Phi) is 4.88. The van der Waals surface area contributed by atoms with Crippen LogP contribution in [-0.4, -0.2) is 18.8 Å². The first-order valence-electron chi connectivity index (χ1n) is 7.14. The smallest absolute Gasteiger partial charge is 0.0750 e. The summed E-state index contributed by atoms with van der Waals surface area (Å²) in [5, 5.41) is 4.47. The first kappa shape index (κ1) is 14.8. The molecule has 1 aromatic rings. The maximum atomic E-state index is 5.96. The average molecular weight is 282 g/mol. The van der Waals surface area contributed by atoms with Gasteiger partial charge in [-0.3, -0.25) is 0 Å². The zero-order valence-electron chi connectivity index (χ0n) is 12.1. The minimum atomic E-state index is -0.117. The Morgan fingerprint density at radius 1 is 1.32 bits per heavy atom. The lowest BCUT2D eigenvalue weighted by Gasteiger charge is -2.28. The van der Waals surface area contributed by atoms with Crippen LogP contribution in [0.1, 0.15) is 45.2 Å². The second-order valence-corrected chi connectivity index (χ2v) is 6.38. The van der Waals surface area contributed by atoms with Crippen LogP contribution >= 0.6 is 11.6 Å². The van der Waals surface area contributed by atoms with Crippen LogP contribution in [0.2, 0.25) is 5.02 Å². The SMILES string of the molecule is CCOC(C)(C)CNC(c1ccc(Cl)cc1)C1CC1. The summed E-state index contributed by atoms with van der Waals surface area (Å²) in [5.41, 5.74) is 1.22. The van der Waals surface area contributed by atoms with Gasteiger partial charge in [-0.05, 0) is 57.2 Å². The highest BCUT2D eigenvalue weighted by atomic mass is 35.5. The molecule has 0 saturated heterocycles. The molecular weight excluding hydrogens is 258 g/mol. The molecule has 0 aromatic heterocycles. The number of hydrogen-bond acceptors (Lipinski definition) is 2. The van der Waals surface area contributed by atoms with Gasteiger partial charge in [0.15, 0.2) is 0 Å². The molecule has 2 rings (SSSR count). The molecule has 1 aromatic carbocycles. The Morgan fingerprint density at radius 2 is 1.95 bits per heavy atom. The fourth-order valence-electron chi connectivity index (χ4n) is 2.45. The zero-order chi connectivity index (χ0) is 13.9. The van der Waals surface area contributed by atoms with Gasteiger partial charge in [-0.15, -0.1) is 0 Å². The van der Waals surface area contributed by atoms with Gasteiger partial charge in [-0.1, -0.05) is 23.7 Å². The third-order valence-electron chi connectivity index (χ3n) is 3.61.